The van der Waals surface area contributed by atoms with E-state index in [4.69, 9.17) is 0 Å². The minimum atomic E-state index is 0. The van der Waals surface area contributed by atoms with Gasteiger partial charge in [-0.3, -0.25) is 0 Å². The zero-order valence-corrected chi connectivity index (χ0v) is 9.41. The van der Waals surface area contributed by atoms with Gasteiger partial charge in [0, 0.05) is 10.9 Å². The van der Waals surface area contributed by atoms with Crippen LogP contribution in [0.1, 0.15) is 24.3 Å². The Balaban J connectivity index is 0.00000121. The molecule has 0 bridgehead atoms. The molecule has 0 amide bonds. The van der Waals surface area contributed by atoms with Crippen molar-refractivity contribution >= 4 is 23.7 Å². The quantitative estimate of drug-likeness (QED) is 0.733. The van der Waals surface area contributed by atoms with Crippen LogP contribution >= 0.6 is 23.7 Å². The summed E-state index contributed by atoms with van der Waals surface area (Å²) in [7, 11) is 4.27. The molecule has 0 saturated heterocycles. The lowest BCUT2D eigenvalue weighted by atomic mass is 10.2. The van der Waals surface area contributed by atoms with Crippen LogP contribution in [0.25, 0.3) is 0 Å². The molecule has 0 fully saturated rings. The maximum Gasteiger partial charge on any atom is 0.0432 e. The summed E-state index contributed by atoms with van der Waals surface area (Å²) in [4.78, 5) is 3.74. The van der Waals surface area contributed by atoms with Crippen molar-refractivity contribution in [2.45, 2.75) is 19.4 Å². The minimum Gasteiger partial charge on any atom is -0.302 e. The predicted octanol–water partition coefficient (Wildman–Crippen LogP) is 3.18. The smallest absolute Gasteiger partial charge is 0.0432 e. The third-order valence-corrected chi connectivity index (χ3v) is 2.86. The third-order valence-electron chi connectivity index (χ3n) is 1.88. The number of rotatable bonds is 3. The van der Waals surface area contributed by atoms with Crippen LogP contribution in [0, 0.1) is 0 Å². The standard InChI is InChI=1S/C9H15NS.ClH/c1-4-8(10(2)3)9-6-5-7-11-9;/h5-8H,4H2,1-3H3;1H. The van der Waals surface area contributed by atoms with E-state index in [9.17, 15) is 0 Å². The van der Waals surface area contributed by atoms with Crippen LogP contribution < -0.4 is 0 Å². The van der Waals surface area contributed by atoms with E-state index in [1.165, 1.54) is 11.3 Å². The van der Waals surface area contributed by atoms with E-state index in [0.29, 0.717) is 6.04 Å². The Morgan fingerprint density at radius 1 is 1.50 bits per heavy atom. The highest BCUT2D eigenvalue weighted by atomic mass is 35.5. The minimum absolute atomic E-state index is 0. The molecular weight excluding hydrogens is 190 g/mol. The summed E-state index contributed by atoms with van der Waals surface area (Å²) in [5.41, 5.74) is 0. The zero-order valence-electron chi connectivity index (χ0n) is 7.78. The van der Waals surface area contributed by atoms with Crippen molar-refractivity contribution in [1.82, 2.24) is 4.90 Å². The summed E-state index contributed by atoms with van der Waals surface area (Å²) in [6.45, 7) is 2.23. The molecule has 0 saturated carbocycles. The molecule has 0 aliphatic carbocycles. The second-order valence-electron chi connectivity index (χ2n) is 2.90. The maximum atomic E-state index is 2.27. The van der Waals surface area contributed by atoms with E-state index in [0.717, 1.165) is 0 Å². The van der Waals surface area contributed by atoms with Gasteiger partial charge in [0.15, 0.2) is 0 Å². The first-order valence-electron chi connectivity index (χ1n) is 3.95. The molecule has 1 aromatic heterocycles. The molecule has 1 heterocycles. The Labute approximate surface area is 84.8 Å². The van der Waals surface area contributed by atoms with Crippen molar-refractivity contribution in [3.05, 3.63) is 22.4 Å². The molecule has 3 heteroatoms. The molecule has 0 spiro atoms. The molecule has 0 aliphatic rings. The van der Waals surface area contributed by atoms with Crippen LogP contribution in [-0.4, -0.2) is 19.0 Å². The van der Waals surface area contributed by atoms with E-state index >= 15 is 0 Å². The SMILES string of the molecule is CCC(c1cccs1)N(C)C.Cl. The van der Waals surface area contributed by atoms with Gasteiger partial charge in [-0.1, -0.05) is 13.0 Å². The Morgan fingerprint density at radius 3 is 2.50 bits per heavy atom. The normalized spacial score (nSPS) is 12.7. The first-order valence-corrected chi connectivity index (χ1v) is 4.83. The molecule has 1 rings (SSSR count). The van der Waals surface area contributed by atoms with Crippen LogP contribution in [0.3, 0.4) is 0 Å². The molecule has 0 aromatic carbocycles. The molecule has 70 valence electrons. The molecule has 1 aromatic rings. The first-order chi connectivity index (χ1) is 5.25. The zero-order chi connectivity index (χ0) is 8.27. The molecule has 0 N–H and O–H groups in total. The van der Waals surface area contributed by atoms with E-state index in [1.807, 2.05) is 11.3 Å². The van der Waals surface area contributed by atoms with Gasteiger partial charge in [-0.25, -0.2) is 0 Å². The van der Waals surface area contributed by atoms with Crippen molar-refractivity contribution in [3.8, 4) is 0 Å². The van der Waals surface area contributed by atoms with Gasteiger partial charge in [0.2, 0.25) is 0 Å². The van der Waals surface area contributed by atoms with Gasteiger partial charge in [0.25, 0.3) is 0 Å². The van der Waals surface area contributed by atoms with E-state index in [-0.39, 0.29) is 12.4 Å². The van der Waals surface area contributed by atoms with E-state index in [2.05, 4.69) is 43.4 Å². The fourth-order valence-corrected chi connectivity index (χ4v) is 2.31. The van der Waals surface area contributed by atoms with Gasteiger partial charge < -0.3 is 4.90 Å². The summed E-state index contributed by atoms with van der Waals surface area (Å²) < 4.78 is 0. The largest absolute Gasteiger partial charge is 0.302 e. The van der Waals surface area contributed by atoms with Crippen molar-refractivity contribution in [3.63, 3.8) is 0 Å². The van der Waals surface area contributed by atoms with Gasteiger partial charge in [0.05, 0.1) is 0 Å². The summed E-state index contributed by atoms with van der Waals surface area (Å²) in [5.74, 6) is 0. The first kappa shape index (κ1) is 11.9. The maximum absolute atomic E-state index is 2.27. The lowest BCUT2D eigenvalue weighted by Gasteiger charge is -2.21. The fraction of sp³-hybridized carbons (Fsp3) is 0.556. The molecule has 12 heavy (non-hydrogen) atoms. The predicted molar refractivity (Wildman–Crippen MR) is 58.3 cm³/mol. The summed E-state index contributed by atoms with van der Waals surface area (Å²) in [6, 6.07) is 4.93. The summed E-state index contributed by atoms with van der Waals surface area (Å²) >= 11 is 1.84. The highest BCUT2D eigenvalue weighted by molar-refractivity contribution is 7.10. The Morgan fingerprint density at radius 2 is 2.17 bits per heavy atom. The van der Waals surface area contributed by atoms with Gasteiger partial charge in [-0.2, -0.15) is 0 Å². The molecule has 0 radical (unpaired) electrons. The molecule has 1 unspecified atom stereocenters. The van der Waals surface area contributed by atoms with Crippen molar-refractivity contribution in [1.29, 1.82) is 0 Å². The van der Waals surface area contributed by atoms with Crippen molar-refractivity contribution in [2.24, 2.45) is 0 Å². The van der Waals surface area contributed by atoms with Gasteiger partial charge in [0.1, 0.15) is 0 Å². The highest BCUT2D eigenvalue weighted by Crippen LogP contribution is 2.25. The number of thiophene rings is 1. The third kappa shape index (κ3) is 2.77. The van der Waals surface area contributed by atoms with Gasteiger partial charge in [-0.05, 0) is 32.0 Å². The van der Waals surface area contributed by atoms with Crippen LogP contribution in [-0.2, 0) is 0 Å². The van der Waals surface area contributed by atoms with E-state index in [1.54, 1.807) is 0 Å². The fourth-order valence-electron chi connectivity index (χ4n) is 1.30. The monoisotopic (exact) mass is 205 g/mol. The molecular formula is C9H16ClNS. The number of nitrogens with zero attached hydrogens (tertiary/aromatic N) is 1. The highest BCUT2D eigenvalue weighted by Gasteiger charge is 2.11. The van der Waals surface area contributed by atoms with Crippen molar-refractivity contribution < 1.29 is 0 Å². The average molecular weight is 206 g/mol. The van der Waals surface area contributed by atoms with Gasteiger partial charge in [-0.15, -0.1) is 23.7 Å². The summed E-state index contributed by atoms with van der Waals surface area (Å²) in [6.07, 6.45) is 1.19. The van der Waals surface area contributed by atoms with Crippen LogP contribution in [0.2, 0.25) is 0 Å². The molecule has 1 nitrogen and oxygen atoms in total. The number of hydrogen-bond donors (Lipinski definition) is 0. The topological polar surface area (TPSA) is 3.24 Å². The van der Waals surface area contributed by atoms with E-state index < -0.39 is 0 Å². The van der Waals surface area contributed by atoms with Crippen LogP contribution in [0.15, 0.2) is 17.5 Å². The van der Waals surface area contributed by atoms with Crippen LogP contribution in [0.4, 0.5) is 0 Å². The van der Waals surface area contributed by atoms with Gasteiger partial charge >= 0.3 is 0 Å². The average Bonchev–Trinajstić information content (AvgIpc) is 2.40. The van der Waals surface area contributed by atoms with Crippen LogP contribution in [0.5, 0.6) is 0 Å². The number of halogens is 1. The lowest BCUT2D eigenvalue weighted by molar-refractivity contribution is 0.296. The second kappa shape index (κ2) is 5.57. The Hall–Kier alpha value is -0.0500. The molecule has 1 atom stereocenters. The number of hydrogen-bond acceptors (Lipinski definition) is 2. The molecule has 0 aliphatic heterocycles. The second-order valence-corrected chi connectivity index (χ2v) is 3.88. The summed E-state index contributed by atoms with van der Waals surface area (Å²) in [5, 5.41) is 2.14. The van der Waals surface area contributed by atoms with Crippen molar-refractivity contribution in [2.75, 3.05) is 14.1 Å². The lowest BCUT2D eigenvalue weighted by Crippen LogP contribution is -2.17. The Bertz CT molecular complexity index is 196. The Kier molecular flexibility index (Phi) is 5.55.